The van der Waals surface area contributed by atoms with Crippen molar-refractivity contribution < 1.29 is 17.5 Å². The number of hydrogen-bond acceptors (Lipinski definition) is 5. The fourth-order valence-electron chi connectivity index (χ4n) is 2.87. The second-order valence-electron chi connectivity index (χ2n) is 5.84. The van der Waals surface area contributed by atoms with Crippen LogP contribution in [0, 0.1) is 5.82 Å². The highest BCUT2D eigenvalue weighted by molar-refractivity contribution is 7.89. The van der Waals surface area contributed by atoms with Crippen LogP contribution in [0.15, 0.2) is 47.6 Å². The van der Waals surface area contributed by atoms with E-state index in [0.717, 1.165) is 18.2 Å². The number of hydrogen-bond donors (Lipinski definition) is 0. The van der Waals surface area contributed by atoms with E-state index in [1.807, 2.05) is 12.1 Å². The first-order chi connectivity index (χ1) is 12.0. The first-order valence-electron chi connectivity index (χ1n) is 7.95. The van der Waals surface area contributed by atoms with E-state index in [0.29, 0.717) is 26.2 Å². The highest BCUT2D eigenvalue weighted by Crippen LogP contribution is 2.28. The number of rotatable bonds is 5. The zero-order chi connectivity index (χ0) is 17.9. The maximum atomic E-state index is 13.5. The summed E-state index contributed by atoms with van der Waals surface area (Å²) in [6, 6.07) is 7.40. The maximum Gasteiger partial charge on any atom is 0.246 e. The van der Waals surface area contributed by atoms with Crippen LogP contribution in [0.25, 0.3) is 0 Å². The van der Waals surface area contributed by atoms with Crippen molar-refractivity contribution in [2.24, 2.45) is 0 Å². The molecule has 0 unspecified atom stereocenters. The summed E-state index contributed by atoms with van der Waals surface area (Å²) in [7, 11) is -2.42. The normalized spacial score (nSPS) is 16.7. The minimum atomic E-state index is -3.79. The molecule has 1 aliphatic heterocycles. The van der Waals surface area contributed by atoms with E-state index >= 15 is 0 Å². The topological polar surface area (TPSA) is 62.7 Å². The largest absolute Gasteiger partial charge is 0.495 e. The molecule has 0 aliphatic carbocycles. The minimum Gasteiger partial charge on any atom is -0.495 e. The molecule has 0 saturated carbocycles. The highest BCUT2D eigenvalue weighted by Gasteiger charge is 2.31. The molecular weight excluding hydrogens is 345 g/mol. The van der Waals surface area contributed by atoms with E-state index in [1.165, 1.54) is 23.5 Å². The smallest absolute Gasteiger partial charge is 0.246 e. The van der Waals surface area contributed by atoms with Crippen molar-refractivity contribution >= 4 is 10.0 Å². The van der Waals surface area contributed by atoms with Gasteiger partial charge in [0.15, 0.2) is 0 Å². The Bertz CT molecular complexity index is 822. The van der Waals surface area contributed by atoms with Gasteiger partial charge in [0.2, 0.25) is 10.0 Å². The standard InChI is InChI=1S/C17H20FN3O3S/c1-24-16-5-4-15(18)11-17(16)25(22,23)21-9-7-20(8-10-21)13-14-3-2-6-19-12-14/h2-6,11-12H,7-10,13H2,1H3. The van der Waals surface area contributed by atoms with Gasteiger partial charge < -0.3 is 4.74 Å². The number of aromatic nitrogens is 1. The number of ether oxygens (including phenoxy) is 1. The number of halogens is 1. The first kappa shape index (κ1) is 17.8. The van der Waals surface area contributed by atoms with Crippen molar-refractivity contribution in [3.05, 3.63) is 54.1 Å². The van der Waals surface area contributed by atoms with Gasteiger partial charge >= 0.3 is 0 Å². The van der Waals surface area contributed by atoms with Crippen LogP contribution in [0.3, 0.4) is 0 Å². The van der Waals surface area contributed by atoms with E-state index in [9.17, 15) is 12.8 Å². The van der Waals surface area contributed by atoms with E-state index in [4.69, 9.17) is 4.74 Å². The second-order valence-corrected chi connectivity index (χ2v) is 7.74. The van der Waals surface area contributed by atoms with Crippen molar-refractivity contribution in [3.63, 3.8) is 0 Å². The molecule has 3 rings (SSSR count). The average molecular weight is 365 g/mol. The molecule has 1 fully saturated rings. The van der Waals surface area contributed by atoms with Crippen LogP contribution in [0.2, 0.25) is 0 Å². The molecule has 1 aromatic heterocycles. The Balaban J connectivity index is 1.71. The van der Waals surface area contributed by atoms with Crippen LogP contribution in [0.4, 0.5) is 4.39 Å². The van der Waals surface area contributed by atoms with Crippen molar-refractivity contribution in [2.45, 2.75) is 11.4 Å². The third-order valence-electron chi connectivity index (χ3n) is 4.20. The Hall–Kier alpha value is -2.03. The van der Waals surface area contributed by atoms with Gasteiger partial charge in [-0.05, 0) is 29.8 Å². The van der Waals surface area contributed by atoms with Gasteiger partial charge in [-0.3, -0.25) is 9.88 Å². The molecule has 1 aliphatic rings. The number of methoxy groups -OCH3 is 1. The van der Waals surface area contributed by atoms with Crippen molar-refractivity contribution in [2.75, 3.05) is 33.3 Å². The van der Waals surface area contributed by atoms with Gasteiger partial charge in [0.1, 0.15) is 16.5 Å². The predicted octanol–water partition coefficient (Wildman–Crippen LogP) is 1.74. The first-order valence-corrected chi connectivity index (χ1v) is 9.39. The Morgan fingerprint density at radius 2 is 1.96 bits per heavy atom. The molecule has 134 valence electrons. The molecule has 0 amide bonds. The van der Waals surface area contributed by atoms with Crippen LogP contribution >= 0.6 is 0 Å². The second kappa shape index (κ2) is 7.47. The lowest BCUT2D eigenvalue weighted by atomic mass is 10.2. The van der Waals surface area contributed by atoms with Crippen molar-refractivity contribution in [1.29, 1.82) is 0 Å². The number of benzene rings is 1. The van der Waals surface area contributed by atoms with E-state index in [-0.39, 0.29) is 10.6 Å². The summed E-state index contributed by atoms with van der Waals surface area (Å²) in [6.07, 6.45) is 3.53. The molecule has 25 heavy (non-hydrogen) atoms. The van der Waals surface area contributed by atoms with Gasteiger partial charge in [-0.15, -0.1) is 0 Å². The van der Waals surface area contributed by atoms with E-state index in [1.54, 1.807) is 12.4 Å². The fraction of sp³-hybridized carbons (Fsp3) is 0.353. The monoisotopic (exact) mass is 365 g/mol. The summed E-state index contributed by atoms with van der Waals surface area (Å²) >= 11 is 0. The molecule has 6 nitrogen and oxygen atoms in total. The van der Waals surface area contributed by atoms with Gasteiger partial charge in [-0.25, -0.2) is 12.8 Å². The maximum absolute atomic E-state index is 13.5. The zero-order valence-electron chi connectivity index (χ0n) is 13.9. The van der Waals surface area contributed by atoms with Gasteiger partial charge in [-0.1, -0.05) is 6.07 Å². The number of piperazine rings is 1. The lowest BCUT2D eigenvalue weighted by Crippen LogP contribution is -2.48. The predicted molar refractivity (Wildman–Crippen MR) is 91.2 cm³/mol. The van der Waals surface area contributed by atoms with E-state index < -0.39 is 15.8 Å². The molecule has 0 radical (unpaired) electrons. The average Bonchev–Trinajstić information content (AvgIpc) is 2.63. The molecule has 2 heterocycles. The summed E-state index contributed by atoms with van der Waals surface area (Å²) in [5.74, 6) is -0.450. The highest BCUT2D eigenvalue weighted by atomic mass is 32.2. The van der Waals surface area contributed by atoms with E-state index in [2.05, 4.69) is 9.88 Å². The Morgan fingerprint density at radius 1 is 1.20 bits per heavy atom. The van der Waals surface area contributed by atoms with Crippen LogP contribution in [-0.2, 0) is 16.6 Å². The summed E-state index contributed by atoms with van der Waals surface area (Å²) in [6.45, 7) is 2.63. The molecule has 2 aromatic rings. The molecule has 0 bridgehead atoms. The molecule has 1 aromatic carbocycles. The Morgan fingerprint density at radius 3 is 2.60 bits per heavy atom. The fourth-order valence-corrected chi connectivity index (χ4v) is 4.46. The third kappa shape index (κ3) is 3.97. The lowest BCUT2D eigenvalue weighted by Gasteiger charge is -2.34. The molecule has 0 atom stereocenters. The van der Waals surface area contributed by atoms with Crippen LogP contribution in [0.1, 0.15) is 5.56 Å². The SMILES string of the molecule is COc1ccc(F)cc1S(=O)(=O)N1CCN(Cc2cccnc2)CC1. The summed E-state index contributed by atoms with van der Waals surface area (Å²) in [4.78, 5) is 6.13. The quantitative estimate of drug-likeness (QED) is 0.808. The molecule has 1 saturated heterocycles. The third-order valence-corrected chi connectivity index (χ3v) is 6.12. The Labute approximate surface area is 146 Å². The minimum absolute atomic E-state index is 0.129. The van der Waals surface area contributed by atoms with Gasteiger partial charge in [-0.2, -0.15) is 4.31 Å². The zero-order valence-corrected chi connectivity index (χ0v) is 14.7. The molecule has 8 heteroatoms. The van der Waals surface area contributed by atoms with Crippen molar-refractivity contribution in [1.82, 2.24) is 14.2 Å². The van der Waals surface area contributed by atoms with Crippen LogP contribution in [-0.4, -0.2) is 55.9 Å². The summed E-state index contributed by atoms with van der Waals surface area (Å²) < 4.78 is 45.7. The van der Waals surface area contributed by atoms with Crippen molar-refractivity contribution in [3.8, 4) is 5.75 Å². The lowest BCUT2D eigenvalue weighted by molar-refractivity contribution is 0.181. The summed E-state index contributed by atoms with van der Waals surface area (Å²) in [5.41, 5.74) is 1.09. The van der Waals surface area contributed by atoms with Crippen LogP contribution in [0.5, 0.6) is 5.75 Å². The van der Waals surface area contributed by atoms with Gasteiger partial charge in [0, 0.05) is 45.1 Å². The molecular formula is C17H20FN3O3S. The molecule has 0 spiro atoms. The number of nitrogens with zero attached hydrogens (tertiary/aromatic N) is 3. The van der Waals surface area contributed by atoms with Crippen LogP contribution < -0.4 is 4.74 Å². The van der Waals surface area contributed by atoms with Gasteiger partial charge in [0.25, 0.3) is 0 Å². The number of pyridine rings is 1. The molecule has 0 N–H and O–H groups in total. The summed E-state index contributed by atoms with van der Waals surface area (Å²) in [5, 5.41) is 0. The van der Waals surface area contributed by atoms with Gasteiger partial charge in [0.05, 0.1) is 7.11 Å². The number of sulfonamides is 1. The Kier molecular flexibility index (Phi) is 5.31.